The third kappa shape index (κ3) is 4.29. The Labute approximate surface area is 208 Å². The Balaban J connectivity index is 1.55. The quantitative estimate of drug-likeness (QED) is 0.337. The van der Waals surface area contributed by atoms with E-state index in [1.807, 2.05) is 25.1 Å². The summed E-state index contributed by atoms with van der Waals surface area (Å²) in [6, 6.07) is 23.0. The number of aromatic nitrogens is 6. The molecule has 0 fully saturated rings. The second-order valence-corrected chi connectivity index (χ2v) is 8.89. The zero-order valence-corrected chi connectivity index (χ0v) is 19.8. The van der Waals surface area contributed by atoms with E-state index in [4.69, 9.17) is 4.74 Å². The molecule has 3 aromatic carbocycles. The van der Waals surface area contributed by atoms with Crippen molar-refractivity contribution >= 4 is 11.6 Å². The molecule has 1 aliphatic rings. The lowest BCUT2D eigenvalue weighted by Gasteiger charge is -2.22. The second kappa shape index (κ2) is 9.58. The second-order valence-electron chi connectivity index (χ2n) is 8.89. The van der Waals surface area contributed by atoms with E-state index in [9.17, 15) is 0 Å². The van der Waals surface area contributed by atoms with Gasteiger partial charge in [0.15, 0.2) is 0 Å². The van der Waals surface area contributed by atoms with Crippen molar-refractivity contribution in [3.63, 3.8) is 0 Å². The Morgan fingerprint density at radius 1 is 0.944 bits per heavy atom. The molecule has 6 rings (SSSR count). The Kier molecular flexibility index (Phi) is 5.83. The largest absolute Gasteiger partial charge is 0.491 e. The summed E-state index contributed by atoms with van der Waals surface area (Å²) in [6.45, 7) is 2.62. The zero-order valence-electron chi connectivity index (χ0n) is 19.8. The first kappa shape index (κ1) is 21.9. The molecule has 1 unspecified atom stereocenters. The molecular weight excluding hydrogens is 450 g/mol. The highest BCUT2D eigenvalue weighted by Gasteiger charge is 2.26. The van der Waals surface area contributed by atoms with Gasteiger partial charge in [-0.25, -0.2) is 9.97 Å². The van der Waals surface area contributed by atoms with Crippen LogP contribution >= 0.6 is 0 Å². The van der Waals surface area contributed by atoms with Crippen molar-refractivity contribution in [3.05, 3.63) is 95.8 Å². The highest BCUT2D eigenvalue weighted by molar-refractivity contribution is 5.85. The smallest absolute Gasteiger partial charge is 0.227 e. The SMILES string of the molecule is Cc1cnc(Nc2cc(-c3ccccc3-c3nn[nH]n3)cc3c2OCCCC3c2ccccc2)nc1. The van der Waals surface area contributed by atoms with E-state index in [0.29, 0.717) is 18.4 Å². The summed E-state index contributed by atoms with van der Waals surface area (Å²) in [5.74, 6) is 2.11. The third-order valence-corrected chi connectivity index (χ3v) is 6.43. The first-order valence-corrected chi connectivity index (χ1v) is 12.0. The molecule has 178 valence electrons. The van der Waals surface area contributed by atoms with E-state index in [2.05, 4.69) is 84.4 Å². The van der Waals surface area contributed by atoms with E-state index >= 15 is 0 Å². The number of nitrogens with zero attached hydrogens (tertiary/aromatic N) is 5. The summed E-state index contributed by atoms with van der Waals surface area (Å²) < 4.78 is 6.36. The summed E-state index contributed by atoms with van der Waals surface area (Å²) >= 11 is 0. The molecule has 0 aliphatic carbocycles. The zero-order chi connectivity index (χ0) is 24.3. The van der Waals surface area contributed by atoms with E-state index in [1.54, 1.807) is 12.4 Å². The van der Waals surface area contributed by atoms with Crippen LogP contribution in [0.2, 0.25) is 0 Å². The molecule has 5 aromatic rings. The van der Waals surface area contributed by atoms with Crippen LogP contribution in [0.15, 0.2) is 79.1 Å². The molecule has 8 nitrogen and oxygen atoms in total. The summed E-state index contributed by atoms with van der Waals surface area (Å²) in [5.41, 5.74) is 7.16. The molecule has 0 amide bonds. The van der Waals surface area contributed by atoms with Crippen molar-refractivity contribution < 1.29 is 4.74 Å². The molecule has 0 radical (unpaired) electrons. The molecule has 1 aliphatic heterocycles. The molecule has 36 heavy (non-hydrogen) atoms. The highest BCUT2D eigenvalue weighted by Crippen LogP contribution is 2.46. The van der Waals surface area contributed by atoms with Crippen molar-refractivity contribution in [2.45, 2.75) is 25.7 Å². The number of hydrogen-bond acceptors (Lipinski definition) is 7. The number of H-pyrrole nitrogens is 1. The Hall–Kier alpha value is -4.59. The van der Waals surface area contributed by atoms with Crippen molar-refractivity contribution in [2.24, 2.45) is 0 Å². The minimum atomic E-state index is 0.195. The lowest BCUT2D eigenvalue weighted by molar-refractivity contribution is 0.318. The van der Waals surface area contributed by atoms with E-state index in [0.717, 1.165) is 52.1 Å². The van der Waals surface area contributed by atoms with Gasteiger partial charge in [-0.05, 0) is 59.4 Å². The maximum atomic E-state index is 6.36. The summed E-state index contributed by atoms with van der Waals surface area (Å²) in [5, 5.41) is 18.2. The molecule has 2 aromatic heterocycles. The monoisotopic (exact) mass is 475 g/mol. The summed E-state index contributed by atoms with van der Waals surface area (Å²) in [6.07, 6.45) is 5.56. The number of aryl methyl sites for hydroxylation is 1. The topological polar surface area (TPSA) is 102 Å². The van der Waals surface area contributed by atoms with Gasteiger partial charge in [0.1, 0.15) is 5.75 Å². The number of aromatic amines is 1. The molecule has 0 saturated heterocycles. The van der Waals surface area contributed by atoms with Gasteiger partial charge in [0.05, 0.1) is 12.3 Å². The first-order valence-electron chi connectivity index (χ1n) is 12.0. The van der Waals surface area contributed by atoms with Gasteiger partial charge < -0.3 is 10.1 Å². The number of hydrogen-bond donors (Lipinski definition) is 2. The van der Waals surface area contributed by atoms with Gasteiger partial charge in [-0.15, -0.1) is 10.2 Å². The fourth-order valence-corrected chi connectivity index (χ4v) is 4.75. The van der Waals surface area contributed by atoms with Crippen molar-refractivity contribution in [2.75, 3.05) is 11.9 Å². The number of rotatable bonds is 5. The molecule has 3 heterocycles. The normalized spacial score (nSPS) is 15.0. The number of nitrogens with one attached hydrogen (secondary N) is 2. The molecule has 8 heteroatoms. The highest BCUT2D eigenvalue weighted by atomic mass is 16.5. The molecule has 2 N–H and O–H groups in total. The standard InChI is InChI=1S/C28H25N7O/c1-18-16-29-28(30-17-18)31-25-15-20(22-10-5-6-11-23(22)27-32-34-35-33-27)14-24-21(12-7-13-36-26(24)25)19-8-3-2-4-9-19/h2-6,8-11,14-17,21H,7,12-13H2,1H3,(H,29,30,31)(H,32,33,34,35). The van der Waals surface area contributed by atoms with Gasteiger partial charge in [-0.1, -0.05) is 54.6 Å². The minimum Gasteiger partial charge on any atom is -0.491 e. The van der Waals surface area contributed by atoms with Gasteiger partial charge in [-0.2, -0.15) is 5.21 Å². The van der Waals surface area contributed by atoms with Crippen LogP contribution < -0.4 is 10.1 Å². The lowest BCUT2D eigenvalue weighted by atomic mass is 9.85. The predicted octanol–water partition coefficient (Wildman–Crippen LogP) is 5.68. The van der Waals surface area contributed by atoms with Crippen LogP contribution in [0, 0.1) is 6.92 Å². The van der Waals surface area contributed by atoms with Crippen LogP contribution in [0.3, 0.4) is 0 Å². The minimum absolute atomic E-state index is 0.195. The maximum absolute atomic E-state index is 6.36. The van der Waals surface area contributed by atoms with E-state index in [1.165, 1.54) is 5.56 Å². The molecule has 0 saturated carbocycles. The average molecular weight is 476 g/mol. The van der Waals surface area contributed by atoms with Crippen LogP contribution in [-0.4, -0.2) is 37.2 Å². The average Bonchev–Trinajstić information content (AvgIpc) is 3.37. The molecule has 0 bridgehead atoms. The number of ether oxygens (including phenoxy) is 1. The predicted molar refractivity (Wildman–Crippen MR) is 138 cm³/mol. The lowest BCUT2D eigenvalue weighted by Crippen LogP contribution is -2.05. The van der Waals surface area contributed by atoms with Crippen LogP contribution in [0.1, 0.15) is 35.4 Å². The summed E-state index contributed by atoms with van der Waals surface area (Å²) in [4.78, 5) is 8.95. The Morgan fingerprint density at radius 3 is 2.50 bits per heavy atom. The van der Waals surface area contributed by atoms with Crippen molar-refractivity contribution in [1.29, 1.82) is 0 Å². The van der Waals surface area contributed by atoms with Crippen LogP contribution in [0.25, 0.3) is 22.5 Å². The van der Waals surface area contributed by atoms with Gasteiger partial charge in [0.2, 0.25) is 11.8 Å². The van der Waals surface area contributed by atoms with Crippen molar-refractivity contribution in [1.82, 2.24) is 30.6 Å². The van der Waals surface area contributed by atoms with Crippen LogP contribution in [0.5, 0.6) is 5.75 Å². The van der Waals surface area contributed by atoms with E-state index < -0.39 is 0 Å². The first-order chi connectivity index (χ1) is 17.8. The van der Waals surface area contributed by atoms with Crippen molar-refractivity contribution in [3.8, 4) is 28.3 Å². The van der Waals surface area contributed by atoms with Gasteiger partial charge in [0.25, 0.3) is 0 Å². The molecular formula is C28H25N7O. The number of anilines is 2. The van der Waals surface area contributed by atoms with Crippen LogP contribution in [-0.2, 0) is 0 Å². The van der Waals surface area contributed by atoms with Gasteiger partial charge in [0, 0.05) is 29.4 Å². The Bertz CT molecular complexity index is 1470. The van der Waals surface area contributed by atoms with Crippen LogP contribution in [0.4, 0.5) is 11.6 Å². The molecule has 0 spiro atoms. The number of tetrazole rings is 1. The van der Waals surface area contributed by atoms with E-state index in [-0.39, 0.29) is 5.92 Å². The fourth-order valence-electron chi connectivity index (χ4n) is 4.75. The number of benzene rings is 3. The fraction of sp³-hybridized carbons (Fsp3) is 0.179. The number of fused-ring (bicyclic) bond motifs is 1. The summed E-state index contributed by atoms with van der Waals surface area (Å²) in [7, 11) is 0. The third-order valence-electron chi connectivity index (χ3n) is 6.43. The maximum Gasteiger partial charge on any atom is 0.227 e. The molecule has 1 atom stereocenters. The van der Waals surface area contributed by atoms with Gasteiger partial charge >= 0.3 is 0 Å². The van der Waals surface area contributed by atoms with Gasteiger partial charge in [-0.3, -0.25) is 0 Å². The Morgan fingerprint density at radius 2 is 1.72 bits per heavy atom.